The van der Waals surface area contributed by atoms with Gasteiger partial charge in [-0.3, -0.25) is 4.98 Å². The van der Waals surface area contributed by atoms with E-state index in [0.29, 0.717) is 5.52 Å². The second-order valence-electron chi connectivity index (χ2n) is 2.75. The van der Waals surface area contributed by atoms with E-state index in [4.69, 9.17) is 5.73 Å². The van der Waals surface area contributed by atoms with E-state index in [0.717, 1.165) is 11.1 Å². The molecule has 0 aliphatic rings. The van der Waals surface area contributed by atoms with Crippen LogP contribution in [-0.2, 0) is 0 Å². The van der Waals surface area contributed by atoms with Crippen LogP contribution < -0.4 is 11.4 Å². The molecule has 2 heterocycles. The number of nitrogens with two attached hydrogens (primary N) is 1. The molecule has 2 aromatic heterocycles. The summed E-state index contributed by atoms with van der Waals surface area (Å²) in [6.45, 7) is 1.80. The van der Waals surface area contributed by atoms with Gasteiger partial charge in [0.15, 0.2) is 0 Å². The monoisotopic (exact) mass is 176 g/mol. The van der Waals surface area contributed by atoms with Gasteiger partial charge in [-0.2, -0.15) is 4.98 Å². The predicted molar refractivity (Wildman–Crippen MR) is 49.3 cm³/mol. The molecule has 3 N–H and O–H groups in total. The number of fused-ring (bicyclic) bond motifs is 1. The van der Waals surface area contributed by atoms with Crippen LogP contribution in [0.15, 0.2) is 17.1 Å². The third-order valence-electron chi connectivity index (χ3n) is 1.87. The Labute approximate surface area is 73.6 Å². The predicted octanol–water partition coefficient (Wildman–Crippen LogP) is 0.209. The van der Waals surface area contributed by atoms with Crippen LogP contribution >= 0.6 is 0 Å². The molecule has 66 valence electrons. The van der Waals surface area contributed by atoms with Gasteiger partial charge >= 0.3 is 5.69 Å². The summed E-state index contributed by atoms with van der Waals surface area (Å²) in [6.07, 6.45) is 1.63. The van der Waals surface area contributed by atoms with E-state index in [1.165, 1.54) is 0 Å². The van der Waals surface area contributed by atoms with E-state index in [9.17, 15) is 4.79 Å². The summed E-state index contributed by atoms with van der Waals surface area (Å²) in [4.78, 5) is 21.2. The highest BCUT2D eigenvalue weighted by Crippen LogP contribution is 2.15. The second kappa shape index (κ2) is 2.55. The molecule has 0 saturated heterocycles. The fourth-order valence-corrected chi connectivity index (χ4v) is 1.24. The van der Waals surface area contributed by atoms with Gasteiger partial charge in [0.1, 0.15) is 5.82 Å². The first kappa shape index (κ1) is 7.72. The molecule has 2 aromatic rings. The minimum atomic E-state index is -0.443. The lowest BCUT2D eigenvalue weighted by Crippen LogP contribution is -2.13. The molecule has 2 rings (SSSR count). The Balaban J connectivity index is 3.03. The third kappa shape index (κ3) is 1.14. The van der Waals surface area contributed by atoms with Crippen molar-refractivity contribution in [3.8, 4) is 0 Å². The topological polar surface area (TPSA) is 84.7 Å². The zero-order valence-electron chi connectivity index (χ0n) is 7.03. The fraction of sp³-hybridized carbons (Fsp3) is 0.125. The molecule has 0 spiro atoms. The van der Waals surface area contributed by atoms with Crippen LogP contribution in [0.25, 0.3) is 10.9 Å². The van der Waals surface area contributed by atoms with Gasteiger partial charge in [0.25, 0.3) is 0 Å². The van der Waals surface area contributed by atoms with Crippen molar-refractivity contribution >= 4 is 16.7 Å². The first-order valence-corrected chi connectivity index (χ1v) is 3.79. The van der Waals surface area contributed by atoms with Crippen molar-refractivity contribution in [3.05, 3.63) is 28.4 Å². The van der Waals surface area contributed by atoms with Crippen LogP contribution in [0.1, 0.15) is 5.69 Å². The second-order valence-corrected chi connectivity index (χ2v) is 2.75. The Morgan fingerprint density at radius 2 is 2.31 bits per heavy atom. The van der Waals surface area contributed by atoms with Gasteiger partial charge in [0.05, 0.1) is 11.2 Å². The highest BCUT2D eigenvalue weighted by molar-refractivity contribution is 5.88. The number of nitrogens with zero attached hydrogens (tertiary/aromatic N) is 2. The molecule has 0 aromatic carbocycles. The molecular weight excluding hydrogens is 168 g/mol. The molecule has 0 aliphatic carbocycles. The average Bonchev–Trinajstić information content (AvgIpc) is 2.07. The average molecular weight is 176 g/mol. The van der Waals surface area contributed by atoms with Gasteiger partial charge in [-0.1, -0.05) is 0 Å². The third-order valence-corrected chi connectivity index (χ3v) is 1.87. The lowest BCUT2D eigenvalue weighted by atomic mass is 10.2. The maximum atomic E-state index is 11.0. The number of H-pyrrole nitrogens is 1. The molecule has 0 saturated carbocycles. The van der Waals surface area contributed by atoms with Crippen molar-refractivity contribution in [3.63, 3.8) is 0 Å². The summed E-state index contributed by atoms with van der Waals surface area (Å²) in [5.74, 6) is 0.240. The van der Waals surface area contributed by atoms with Crippen LogP contribution in [0.3, 0.4) is 0 Å². The summed E-state index contributed by atoms with van der Waals surface area (Å²) in [5, 5.41) is 0.729. The minimum absolute atomic E-state index is 0.240. The molecule has 5 nitrogen and oxygen atoms in total. The number of aromatic nitrogens is 3. The minimum Gasteiger partial charge on any atom is -0.383 e. The molecule has 0 radical (unpaired) electrons. The van der Waals surface area contributed by atoms with Crippen molar-refractivity contribution in [2.45, 2.75) is 6.92 Å². The Kier molecular flexibility index (Phi) is 1.51. The largest absolute Gasteiger partial charge is 0.383 e. The summed E-state index contributed by atoms with van der Waals surface area (Å²) in [7, 11) is 0. The van der Waals surface area contributed by atoms with Crippen LogP contribution in [0.4, 0.5) is 5.82 Å². The molecule has 0 aliphatic heterocycles. The molecule has 0 unspecified atom stereocenters. The standard InChI is InChI=1S/C8H8N4O/c1-4-6-5(2-3-10-4)7(9)12-8(13)11-6/h2-3H,1H3,(H3,9,11,12,13). The van der Waals surface area contributed by atoms with Crippen LogP contribution in [0.5, 0.6) is 0 Å². The highest BCUT2D eigenvalue weighted by atomic mass is 16.1. The number of anilines is 1. The van der Waals surface area contributed by atoms with Gasteiger partial charge in [-0.15, -0.1) is 0 Å². The summed E-state index contributed by atoms with van der Waals surface area (Å²) >= 11 is 0. The first-order chi connectivity index (χ1) is 6.18. The van der Waals surface area contributed by atoms with Crippen molar-refractivity contribution in [2.75, 3.05) is 5.73 Å². The Hall–Kier alpha value is -1.91. The smallest absolute Gasteiger partial charge is 0.347 e. The Bertz CT molecular complexity index is 517. The molecular formula is C8H8N4O. The van der Waals surface area contributed by atoms with Crippen LogP contribution in [0, 0.1) is 6.92 Å². The summed E-state index contributed by atoms with van der Waals surface area (Å²) < 4.78 is 0. The Morgan fingerprint density at radius 1 is 1.54 bits per heavy atom. The van der Waals surface area contributed by atoms with Crippen LogP contribution in [0.2, 0.25) is 0 Å². The van der Waals surface area contributed by atoms with E-state index >= 15 is 0 Å². The molecule has 13 heavy (non-hydrogen) atoms. The van der Waals surface area contributed by atoms with Gasteiger partial charge in [0, 0.05) is 11.6 Å². The van der Waals surface area contributed by atoms with Gasteiger partial charge in [0.2, 0.25) is 0 Å². The van der Waals surface area contributed by atoms with Gasteiger partial charge in [-0.05, 0) is 13.0 Å². The number of nitrogen functional groups attached to an aromatic ring is 1. The number of pyridine rings is 1. The zero-order chi connectivity index (χ0) is 9.42. The van der Waals surface area contributed by atoms with Crippen molar-refractivity contribution < 1.29 is 0 Å². The quantitative estimate of drug-likeness (QED) is 0.600. The molecule has 0 bridgehead atoms. The SMILES string of the molecule is Cc1nccc2c(N)nc(=O)[nH]c12. The maximum absolute atomic E-state index is 11.0. The number of nitrogens with one attached hydrogen (secondary N) is 1. The van der Waals surface area contributed by atoms with E-state index < -0.39 is 5.69 Å². The molecule has 5 heteroatoms. The number of rotatable bonds is 0. The van der Waals surface area contributed by atoms with Gasteiger partial charge in [-0.25, -0.2) is 4.79 Å². The fourth-order valence-electron chi connectivity index (χ4n) is 1.24. The maximum Gasteiger partial charge on any atom is 0.347 e. The highest BCUT2D eigenvalue weighted by Gasteiger charge is 2.03. The number of aromatic amines is 1. The van der Waals surface area contributed by atoms with E-state index in [-0.39, 0.29) is 5.82 Å². The number of aryl methyl sites for hydroxylation is 1. The zero-order valence-corrected chi connectivity index (χ0v) is 7.03. The normalized spacial score (nSPS) is 10.5. The summed E-state index contributed by atoms with van der Waals surface area (Å²) in [6, 6.07) is 1.72. The lowest BCUT2D eigenvalue weighted by Gasteiger charge is -2.01. The van der Waals surface area contributed by atoms with Crippen molar-refractivity contribution in [1.29, 1.82) is 0 Å². The van der Waals surface area contributed by atoms with E-state index in [1.807, 2.05) is 0 Å². The van der Waals surface area contributed by atoms with E-state index in [2.05, 4.69) is 15.0 Å². The summed E-state index contributed by atoms with van der Waals surface area (Å²) in [5.41, 5.74) is 6.52. The van der Waals surface area contributed by atoms with Crippen molar-refractivity contribution in [2.24, 2.45) is 0 Å². The number of hydrogen-bond acceptors (Lipinski definition) is 4. The number of hydrogen-bond donors (Lipinski definition) is 2. The van der Waals surface area contributed by atoms with E-state index in [1.54, 1.807) is 19.2 Å². The molecule has 0 amide bonds. The lowest BCUT2D eigenvalue weighted by molar-refractivity contribution is 1.10. The van der Waals surface area contributed by atoms with Crippen molar-refractivity contribution in [1.82, 2.24) is 15.0 Å². The van der Waals surface area contributed by atoms with Crippen LogP contribution in [-0.4, -0.2) is 15.0 Å². The molecule has 0 atom stereocenters. The first-order valence-electron chi connectivity index (χ1n) is 3.79. The Morgan fingerprint density at radius 3 is 3.08 bits per heavy atom. The van der Waals surface area contributed by atoms with Gasteiger partial charge < -0.3 is 10.7 Å². The molecule has 0 fully saturated rings.